The van der Waals surface area contributed by atoms with Crippen LogP contribution >= 0.6 is 11.3 Å². The van der Waals surface area contributed by atoms with Crippen LogP contribution < -0.4 is 0 Å². The van der Waals surface area contributed by atoms with Gasteiger partial charge in [-0.25, -0.2) is 4.98 Å². The zero-order chi connectivity index (χ0) is 13.2. The van der Waals surface area contributed by atoms with Crippen LogP contribution in [0.5, 0.6) is 5.75 Å². The summed E-state index contributed by atoms with van der Waals surface area (Å²) in [7, 11) is 0. The number of pyridine rings is 1. The van der Waals surface area contributed by atoms with Gasteiger partial charge in [-0.1, -0.05) is 0 Å². The van der Waals surface area contributed by atoms with Gasteiger partial charge in [0.1, 0.15) is 5.75 Å². The van der Waals surface area contributed by atoms with Crippen molar-refractivity contribution in [1.29, 1.82) is 0 Å². The molecule has 0 saturated carbocycles. The van der Waals surface area contributed by atoms with Crippen molar-refractivity contribution in [3.63, 3.8) is 0 Å². The standard InChI is InChI=1S/C14H14N2O2S/c17-12-4-1-6-15-13(12)14(18)16-7-2-3-11(16)10-5-8-19-9-10/h1,4-6,8-9,11,17H,2-3,7H2. The van der Waals surface area contributed by atoms with E-state index in [1.165, 1.54) is 17.8 Å². The van der Waals surface area contributed by atoms with E-state index >= 15 is 0 Å². The molecule has 2 aromatic heterocycles. The minimum absolute atomic E-state index is 0.0523. The molecule has 1 aliphatic rings. The Kier molecular flexibility index (Phi) is 3.21. The van der Waals surface area contributed by atoms with Gasteiger partial charge >= 0.3 is 0 Å². The fourth-order valence-electron chi connectivity index (χ4n) is 2.52. The SMILES string of the molecule is O=C(c1ncccc1O)N1CCCC1c1ccsc1. The summed E-state index contributed by atoms with van der Waals surface area (Å²) < 4.78 is 0. The highest BCUT2D eigenvalue weighted by Crippen LogP contribution is 2.34. The summed E-state index contributed by atoms with van der Waals surface area (Å²) in [5, 5.41) is 13.9. The van der Waals surface area contributed by atoms with Gasteiger partial charge in [0.05, 0.1) is 6.04 Å². The number of aromatic nitrogens is 1. The Morgan fingerprint density at radius 2 is 2.37 bits per heavy atom. The maximum atomic E-state index is 12.5. The Bertz CT molecular complexity index is 583. The monoisotopic (exact) mass is 274 g/mol. The number of amides is 1. The largest absolute Gasteiger partial charge is 0.505 e. The predicted octanol–water partition coefficient (Wildman–Crippen LogP) is 2.83. The molecule has 0 bridgehead atoms. The van der Waals surface area contributed by atoms with E-state index in [1.807, 2.05) is 10.3 Å². The minimum Gasteiger partial charge on any atom is -0.505 e. The molecule has 1 amide bonds. The van der Waals surface area contributed by atoms with Crippen LogP contribution in [0.4, 0.5) is 0 Å². The molecule has 0 aliphatic carbocycles. The van der Waals surface area contributed by atoms with E-state index in [4.69, 9.17) is 0 Å². The van der Waals surface area contributed by atoms with E-state index in [0.717, 1.165) is 19.4 Å². The third kappa shape index (κ3) is 2.21. The molecule has 98 valence electrons. The molecule has 0 radical (unpaired) electrons. The number of carbonyl (C=O) groups is 1. The summed E-state index contributed by atoms with van der Waals surface area (Å²) in [5.41, 5.74) is 1.32. The van der Waals surface area contributed by atoms with Crippen LogP contribution in [0.1, 0.15) is 34.9 Å². The predicted molar refractivity (Wildman–Crippen MR) is 73.2 cm³/mol. The Balaban J connectivity index is 1.89. The number of likely N-dealkylation sites (tertiary alicyclic amines) is 1. The molecule has 3 rings (SSSR count). The molecular formula is C14H14N2O2S. The van der Waals surface area contributed by atoms with Gasteiger partial charge in [-0.15, -0.1) is 0 Å². The summed E-state index contributed by atoms with van der Waals surface area (Å²) in [5.74, 6) is -0.240. The van der Waals surface area contributed by atoms with Gasteiger partial charge in [-0.05, 0) is 47.4 Å². The average molecular weight is 274 g/mol. The first kappa shape index (κ1) is 12.2. The van der Waals surface area contributed by atoms with Crippen LogP contribution in [0.15, 0.2) is 35.2 Å². The topological polar surface area (TPSA) is 53.4 Å². The van der Waals surface area contributed by atoms with Gasteiger partial charge in [0, 0.05) is 12.7 Å². The lowest BCUT2D eigenvalue weighted by Crippen LogP contribution is -2.31. The van der Waals surface area contributed by atoms with Gasteiger partial charge in [0.2, 0.25) is 0 Å². The van der Waals surface area contributed by atoms with Crippen molar-refractivity contribution >= 4 is 17.2 Å². The van der Waals surface area contributed by atoms with Crippen molar-refractivity contribution < 1.29 is 9.90 Å². The van der Waals surface area contributed by atoms with Crippen molar-refractivity contribution in [3.8, 4) is 5.75 Å². The minimum atomic E-state index is -0.188. The second-order valence-electron chi connectivity index (χ2n) is 4.58. The fourth-order valence-corrected chi connectivity index (χ4v) is 3.23. The molecule has 1 N–H and O–H groups in total. The Labute approximate surface area is 115 Å². The molecule has 4 nitrogen and oxygen atoms in total. The second kappa shape index (κ2) is 5.01. The molecule has 1 unspecified atom stereocenters. The maximum Gasteiger partial charge on any atom is 0.276 e. The molecule has 0 spiro atoms. The van der Waals surface area contributed by atoms with Crippen molar-refractivity contribution in [3.05, 3.63) is 46.4 Å². The number of rotatable bonds is 2. The summed E-state index contributed by atoms with van der Waals surface area (Å²) in [6.45, 7) is 0.718. The van der Waals surface area contributed by atoms with E-state index in [9.17, 15) is 9.90 Å². The van der Waals surface area contributed by atoms with E-state index in [1.54, 1.807) is 17.4 Å². The third-order valence-electron chi connectivity index (χ3n) is 3.43. The Morgan fingerprint density at radius 3 is 3.11 bits per heavy atom. The van der Waals surface area contributed by atoms with Crippen LogP contribution in [0.25, 0.3) is 0 Å². The molecule has 1 aliphatic heterocycles. The van der Waals surface area contributed by atoms with Crippen LogP contribution in [-0.4, -0.2) is 27.4 Å². The van der Waals surface area contributed by atoms with Gasteiger partial charge in [0.15, 0.2) is 5.69 Å². The van der Waals surface area contributed by atoms with Crippen molar-refractivity contribution in [2.75, 3.05) is 6.54 Å². The van der Waals surface area contributed by atoms with E-state index in [-0.39, 0.29) is 23.4 Å². The van der Waals surface area contributed by atoms with E-state index in [0.29, 0.717) is 0 Å². The molecule has 1 saturated heterocycles. The highest BCUT2D eigenvalue weighted by atomic mass is 32.1. The number of hydrogen-bond donors (Lipinski definition) is 1. The first-order valence-electron chi connectivity index (χ1n) is 6.24. The van der Waals surface area contributed by atoms with E-state index < -0.39 is 0 Å². The van der Waals surface area contributed by atoms with Crippen LogP contribution in [0, 0.1) is 0 Å². The third-order valence-corrected chi connectivity index (χ3v) is 4.13. The molecule has 2 aromatic rings. The van der Waals surface area contributed by atoms with Crippen molar-refractivity contribution in [2.24, 2.45) is 0 Å². The van der Waals surface area contributed by atoms with Crippen LogP contribution in [-0.2, 0) is 0 Å². The van der Waals surface area contributed by atoms with Crippen molar-refractivity contribution in [2.45, 2.75) is 18.9 Å². The zero-order valence-electron chi connectivity index (χ0n) is 10.3. The second-order valence-corrected chi connectivity index (χ2v) is 5.36. The molecule has 1 atom stereocenters. The van der Waals surface area contributed by atoms with Crippen molar-refractivity contribution in [1.82, 2.24) is 9.88 Å². The summed E-state index contributed by atoms with van der Waals surface area (Å²) in [6, 6.07) is 5.28. The number of carbonyl (C=O) groups excluding carboxylic acids is 1. The van der Waals surface area contributed by atoms with Gasteiger partial charge in [0.25, 0.3) is 5.91 Å². The molecule has 19 heavy (non-hydrogen) atoms. The highest BCUT2D eigenvalue weighted by Gasteiger charge is 2.32. The lowest BCUT2D eigenvalue weighted by molar-refractivity contribution is 0.0726. The molecular weight excluding hydrogens is 260 g/mol. The Hall–Kier alpha value is -1.88. The van der Waals surface area contributed by atoms with Gasteiger partial charge in [-0.3, -0.25) is 4.79 Å². The molecule has 3 heterocycles. The van der Waals surface area contributed by atoms with Gasteiger partial charge in [-0.2, -0.15) is 11.3 Å². The molecule has 0 aromatic carbocycles. The molecule has 5 heteroatoms. The zero-order valence-corrected chi connectivity index (χ0v) is 11.1. The number of hydrogen-bond acceptors (Lipinski definition) is 4. The number of aromatic hydroxyl groups is 1. The summed E-state index contributed by atoms with van der Waals surface area (Å²) >= 11 is 1.64. The normalized spacial score (nSPS) is 18.7. The lowest BCUT2D eigenvalue weighted by atomic mass is 10.1. The van der Waals surface area contributed by atoms with Gasteiger partial charge < -0.3 is 10.0 Å². The quantitative estimate of drug-likeness (QED) is 0.916. The Morgan fingerprint density at radius 1 is 1.47 bits per heavy atom. The first-order valence-corrected chi connectivity index (χ1v) is 7.18. The van der Waals surface area contributed by atoms with E-state index in [2.05, 4.69) is 16.4 Å². The number of thiophene rings is 1. The average Bonchev–Trinajstić information content (AvgIpc) is 3.09. The molecule has 1 fully saturated rings. The maximum absolute atomic E-state index is 12.5. The summed E-state index contributed by atoms with van der Waals surface area (Å²) in [6.07, 6.45) is 3.48. The number of nitrogens with zero attached hydrogens (tertiary/aromatic N) is 2. The highest BCUT2D eigenvalue weighted by molar-refractivity contribution is 7.07. The first-order chi connectivity index (χ1) is 9.27. The van der Waals surface area contributed by atoms with Crippen LogP contribution in [0.2, 0.25) is 0 Å². The fraction of sp³-hybridized carbons (Fsp3) is 0.286. The van der Waals surface area contributed by atoms with Crippen LogP contribution in [0.3, 0.4) is 0 Å². The lowest BCUT2D eigenvalue weighted by Gasteiger charge is -2.24. The smallest absolute Gasteiger partial charge is 0.276 e. The summed E-state index contributed by atoms with van der Waals surface area (Å²) in [4.78, 5) is 18.3.